The largest absolute Gasteiger partial charge is 0.384 e. The standard InChI is InChI=1S/C17H25NO2/c1-13-7-9-17(19,15-6-3-2-5-14(13)15)16(11-18)8-4-10-20-12-16/h2-3,5-6,13,19H,4,7-12,18H2,1H3. The van der Waals surface area contributed by atoms with Crippen molar-refractivity contribution in [1.82, 2.24) is 0 Å². The average Bonchev–Trinajstić information content (AvgIpc) is 2.52. The minimum absolute atomic E-state index is 0.332. The summed E-state index contributed by atoms with van der Waals surface area (Å²) >= 11 is 0. The normalized spacial score (nSPS) is 37.5. The van der Waals surface area contributed by atoms with Gasteiger partial charge in [-0.15, -0.1) is 0 Å². The van der Waals surface area contributed by atoms with E-state index in [0.29, 0.717) is 19.1 Å². The number of hydrogen-bond donors (Lipinski definition) is 2. The predicted octanol–water partition coefficient (Wildman–Crippen LogP) is 2.53. The van der Waals surface area contributed by atoms with E-state index < -0.39 is 5.60 Å². The lowest BCUT2D eigenvalue weighted by Crippen LogP contribution is -2.56. The third kappa shape index (κ3) is 1.92. The van der Waals surface area contributed by atoms with Crippen LogP contribution in [0.1, 0.15) is 49.7 Å². The Balaban J connectivity index is 2.09. The van der Waals surface area contributed by atoms with Crippen molar-refractivity contribution in [2.45, 2.75) is 44.1 Å². The first-order valence-corrected chi connectivity index (χ1v) is 7.73. The number of aliphatic hydroxyl groups is 1. The maximum atomic E-state index is 11.6. The average molecular weight is 275 g/mol. The van der Waals surface area contributed by atoms with Crippen LogP contribution < -0.4 is 5.73 Å². The van der Waals surface area contributed by atoms with Crippen molar-refractivity contribution in [3.63, 3.8) is 0 Å². The summed E-state index contributed by atoms with van der Waals surface area (Å²) < 4.78 is 5.70. The molecule has 0 spiro atoms. The highest BCUT2D eigenvalue weighted by Crippen LogP contribution is 2.53. The van der Waals surface area contributed by atoms with Crippen molar-refractivity contribution in [2.75, 3.05) is 19.8 Å². The summed E-state index contributed by atoms with van der Waals surface area (Å²) in [6.07, 6.45) is 3.72. The van der Waals surface area contributed by atoms with E-state index >= 15 is 0 Å². The fourth-order valence-corrected chi connectivity index (χ4v) is 4.08. The highest BCUT2D eigenvalue weighted by Gasteiger charge is 2.53. The number of ether oxygens (including phenoxy) is 1. The van der Waals surface area contributed by atoms with Crippen LogP contribution in [0.25, 0.3) is 0 Å². The number of rotatable bonds is 2. The molecule has 0 saturated carbocycles. The topological polar surface area (TPSA) is 55.5 Å². The Morgan fingerprint density at radius 2 is 2.15 bits per heavy atom. The number of nitrogens with two attached hydrogens (primary N) is 1. The van der Waals surface area contributed by atoms with Crippen LogP contribution >= 0.6 is 0 Å². The maximum absolute atomic E-state index is 11.6. The van der Waals surface area contributed by atoms with Gasteiger partial charge < -0.3 is 15.6 Å². The van der Waals surface area contributed by atoms with Crippen LogP contribution in [-0.4, -0.2) is 24.9 Å². The van der Waals surface area contributed by atoms with Crippen molar-refractivity contribution >= 4 is 0 Å². The second-order valence-electron chi connectivity index (χ2n) is 6.53. The van der Waals surface area contributed by atoms with Crippen LogP contribution in [0.4, 0.5) is 0 Å². The molecule has 1 aromatic rings. The number of benzene rings is 1. The van der Waals surface area contributed by atoms with E-state index in [1.54, 1.807) is 0 Å². The molecule has 1 aliphatic heterocycles. The van der Waals surface area contributed by atoms with Gasteiger partial charge in [-0.25, -0.2) is 0 Å². The summed E-state index contributed by atoms with van der Waals surface area (Å²) in [6, 6.07) is 8.32. The molecule has 3 heteroatoms. The summed E-state index contributed by atoms with van der Waals surface area (Å²) in [5, 5.41) is 11.6. The Labute approximate surface area is 121 Å². The van der Waals surface area contributed by atoms with Crippen molar-refractivity contribution in [3.8, 4) is 0 Å². The highest BCUT2D eigenvalue weighted by molar-refractivity contribution is 5.39. The predicted molar refractivity (Wildman–Crippen MR) is 79.5 cm³/mol. The molecule has 3 unspecified atom stereocenters. The SMILES string of the molecule is CC1CCC(O)(C2(CN)CCCOC2)c2ccccc21. The first kappa shape index (κ1) is 14.1. The van der Waals surface area contributed by atoms with Gasteiger partial charge in [0.05, 0.1) is 12.2 Å². The van der Waals surface area contributed by atoms with Crippen LogP contribution in [0.5, 0.6) is 0 Å². The van der Waals surface area contributed by atoms with Gasteiger partial charge in [0.1, 0.15) is 0 Å². The van der Waals surface area contributed by atoms with Gasteiger partial charge in [0.2, 0.25) is 0 Å². The monoisotopic (exact) mass is 275 g/mol. The Hall–Kier alpha value is -0.900. The molecule has 20 heavy (non-hydrogen) atoms. The zero-order chi connectivity index (χ0) is 14.2. The number of fused-ring (bicyclic) bond motifs is 1. The zero-order valence-electron chi connectivity index (χ0n) is 12.3. The van der Waals surface area contributed by atoms with E-state index in [4.69, 9.17) is 10.5 Å². The van der Waals surface area contributed by atoms with Gasteiger partial charge in [-0.1, -0.05) is 31.2 Å². The molecular weight excluding hydrogens is 250 g/mol. The van der Waals surface area contributed by atoms with Crippen LogP contribution in [0, 0.1) is 5.41 Å². The fraction of sp³-hybridized carbons (Fsp3) is 0.647. The van der Waals surface area contributed by atoms with Crippen LogP contribution in [0.15, 0.2) is 24.3 Å². The van der Waals surface area contributed by atoms with E-state index in [0.717, 1.165) is 37.9 Å². The van der Waals surface area contributed by atoms with E-state index in [2.05, 4.69) is 25.1 Å². The third-order valence-corrected chi connectivity index (χ3v) is 5.47. The molecule has 1 fully saturated rings. The summed E-state index contributed by atoms with van der Waals surface area (Å²) in [6.45, 7) is 4.08. The molecule has 3 N–H and O–H groups in total. The Bertz CT molecular complexity index is 482. The quantitative estimate of drug-likeness (QED) is 0.872. The van der Waals surface area contributed by atoms with Crippen LogP contribution in [0.3, 0.4) is 0 Å². The summed E-state index contributed by atoms with van der Waals surface area (Å²) in [5.41, 5.74) is 7.29. The van der Waals surface area contributed by atoms with Crippen LogP contribution in [0.2, 0.25) is 0 Å². The first-order valence-electron chi connectivity index (χ1n) is 7.73. The van der Waals surface area contributed by atoms with Gasteiger partial charge in [-0.2, -0.15) is 0 Å². The lowest BCUT2D eigenvalue weighted by Gasteiger charge is -2.52. The van der Waals surface area contributed by atoms with Gasteiger partial charge in [-0.3, -0.25) is 0 Å². The molecule has 1 heterocycles. The smallest absolute Gasteiger partial charge is 0.0989 e. The van der Waals surface area contributed by atoms with Crippen molar-refractivity contribution in [2.24, 2.45) is 11.1 Å². The fourth-order valence-electron chi connectivity index (χ4n) is 4.08. The molecular formula is C17H25NO2. The van der Waals surface area contributed by atoms with Gasteiger partial charge >= 0.3 is 0 Å². The second kappa shape index (κ2) is 5.14. The van der Waals surface area contributed by atoms with E-state index in [1.165, 1.54) is 5.56 Å². The molecule has 110 valence electrons. The van der Waals surface area contributed by atoms with E-state index in [1.807, 2.05) is 6.07 Å². The molecule has 3 rings (SSSR count). The lowest BCUT2D eigenvalue weighted by molar-refractivity contribution is -0.158. The van der Waals surface area contributed by atoms with Gasteiger partial charge in [0.25, 0.3) is 0 Å². The molecule has 0 bridgehead atoms. The second-order valence-corrected chi connectivity index (χ2v) is 6.53. The van der Waals surface area contributed by atoms with Gasteiger partial charge in [0.15, 0.2) is 0 Å². The zero-order valence-corrected chi connectivity index (χ0v) is 12.3. The van der Waals surface area contributed by atoms with Crippen LogP contribution in [-0.2, 0) is 10.3 Å². The molecule has 1 aromatic carbocycles. The van der Waals surface area contributed by atoms with Gasteiger partial charge in [-0.05, 0) is 42.7 Å². The molecule has 1 aliphatic carbocycles. The summed E-state index contributed by atoms with van der Waals surface area (Å²) in [5.74, 6) is 0.505. The molecule has 0 aromatic heterocycles. The third-order valence-electron chi connectivity index (χ3n) is 5.47. The minimum Gasteiger partial charge on any atom is -0.384 e. The van der Waals surface area contributed by atoms with Crippen molar-refractivity contribution in [1.29, 1.82) is 0 Å². The van der Waals surface area contributed by atoms with E-state index in [9.17, 15) is 5.11 Å². The van der Waals surface area contributed by atoms with Gasteiger partial charge in [0, 0.05) is 18.6 Å². The van der Waals surface area contributed by atoms with E-state index in [-0.39, 0.29) is 5.41 Å². The maximum Gasteiger partial charge on any atom is 0.0989 e. The lowest BCUT2D eigenvalue weighted by atomic mass is 9.59. The first-order chi connectivity index (χ1) is 9.63. The number of hydrogen-bond acceptors (Lipinski definition) is 3. The highest BCUT2D eigenvalue weighted by atomic mass is 16.5. The molecule has 2 aliphatic rings. The summed E-state index contributed by atoms with van der Waals surface area (Å²) in [4.78, 5) is 0. The minimum atomic E-state index is -0.842. The molecule has 1 saturated heterocycles. The van der Waals surface area contributed by atoms with Crippen molar-refractivity contribution in [3.05, 3.63) is 35.4 Å². The molecule has 0 radical (unpaired) electrons. The van der Waals surface area contributed by atoms with Crippen molar-refractivity contribution < 1.29 is 9.84 Å². The molecule has 3 atom stereocenters. The Morgan fingerprint density at radius 3 is 2.85 bits per heavy atom. The summed E-state index contributed by atoms with van der Waals surface area (Å²) in [7, 11) is 0. The Kier molecular flexibility index (Phi) is 3.61. The molecule has 0 amide bonds. The molecule has 3 nitrogen and oxygen atoms in total. The Morgan fingerprint density at radius 1 is 1.35 bits per heavy atom.